The highest BCUT2D eigenvalue weighted by Crippen LogP contribution is 2.39. The van der Waals surface area contributed by atoms with Crippen molar-refractivity contribution in [2.24, 2.45) is 0 Å². The summed E-state index contributed by atoms with van der Waals surface area (Å²) >= 11 is 9.32. The normalized spacial score (nSPS) is 19.9. The monoisotopic (exact) mass is 273 g/mol. The van der Waals surface area contributed by atoms with Gasteiger partial charge in [-0.3, -0.25) is 0 Å². The molecule has 0 aromatic heterocycles. The Balaban J connectivity index is 2.31. The highest BCUT2D eigenvalue weighted by Gasteiger charge is 2.34. The molecular formula is C11H13BrClN. The van der Waals surface area contributed by atoms with Crippen molar-refractivity contribution >= 4 is 27.7 Å². The van der Waals surface area contributed by atoms with E-state index in [-0.39, 0.29) is 5.54 Å². The molecule has 0 bridgehead atoms. The molecule has 76 valence electrons. The molecule has 0 heterocycles. The van der Waals surface area contributed by atoms with Crippen molar-refractivity contribution in [3.8, 4) is 0 Å². The molecule has 0 unspecified atom stereocenters. The van der Waals surface area contributed by atoms with Crippen LogP contribution in [0.25, 0.3) is 0 Å². The van der Waals surface area contributed by atoms with Crippen molar-refractivity contribution in [3.63, 3.8) is 0 Å². The van der Waals surface area contributed by atoms with Gasteiger partial charge in [0, 0.05) is 4.47 Å². The van der Waals surface area contributed by atoms with E-state index in [9.17, 15) is 0 Å². The molecule has 0 spiro atoms. The summed E-state index contributed by atoms with van der Waals surface area (Å²) in [6.07, 6.45) is 4.79. The maximum atomic E-state index is 5.88. The molecule has 14 heavy (non-hydrogen) atoms. The Kier molecular flexibility index (Phi) is 3.15. The third-order valence-corrected chi connectivity index (χ3v) is 3.93. The van der Waals surface area contributed by atoms with Crippen LogP contribution >= 0.6 is 27.7 Å². The molecule has 0 radical (unpaired) electrons. The number of benzene rings is 1. The minimum Gasteiger partial charge on any atom is -0.223 e. The Morgan fingerprint density at radius 3 is 2.21 bits per heavy atom. The summed E-state index contributed by atoms with van der Waals surface area (Å²) < 4.78 is 1.11. The van der Waals surface area contributed by atoms with Gasteiger partial charge in [0.25, 0.3) is 0 Å². The van der Waals surface area contributed by atoms with E-state index >= 15 is 0 Å². The largest absolute Gasteiger partial charge is 0.223 e. The van der Waals surface area contributed by atoms with Crippen molar-refractivity contribution in [2.45, 2.75) is 31.2 Å². The van der Waals surface area contributed by atoms with E-state index in [1.165, 1.54) is 18.4 Å². The molecule has 3 heteroatoms. The van der Waals surface area contributed by atoms with E-state index in [1.54, 1.807) is 0 Å². The van der Waals surface area contributed by atoms with Gasteiger partial charge in [0.2, 0.25) is 0 Å². The molecule has 1 aromatic carbocycles. The average molecular weight is 275 g/mol. The zero-order valence-corrected chi connectivity index (χ0v) is 10.2. The Morgan fingerprint density at radius 1 is 1.14 bits per heavy atom. The topological polar surface area (TPSA) is 12.0 Å². The first kappa shape index (κ1) is 10.5. The molecule has 1 aliphatic carbocycles. The van der Waals surface area contributed by atoms with Gasteiger partial charge in [-0.1, -0.05) is 40.9 Å². The maximum Gasteiger partial charge on any atom is 0.0580 e. The van der Waals surface area contributed by atoms with Crippen LogP contribution in [0.1, 0.15) is 31.2 Å². The Morgan fingerprint density at radius 2 is 1.71 bits per heavy atom. The Hall–Kier alpha value is -0.0500. The molecule has 1 aliphatic rings. The second kappa shape index (κ2) is 4.21. The summed E-state index contributed by atoms with van der Waals surface area (Å²) in [4.78, 5) is 2.97. The fourth-order valence-electron chi connectivity index (χ4n) is 2.19. The third kappa shape index (κ3) is 1.83. The maximum absolute atomic E-state index is 5.88. The van der Waals surface area contributed by atoms with Crippen LogP contribution in [0, 0.1) is 0 Å². The van der Waals surface area contributed by atoms with Crippen LogP contribution in [0.4, 0.5) is 0 Å². The lowest BCUT2D eigenvalue weighted by Crippen LogP contribution is -2.33. The summed E-state index contributed by atoms with van der Waals surface area (Å²) in [7, 11) is 0. The van der Waals surface area contributed by atoms with E-state index in [2.05, 4.69) is 45.0 Å². The molecule has 2 rings (SSSR count). The zero-order valence-electron chi connectivity index (χ0n) is 7.89. The van der Waals surface area contributed by atoms with Crippen molar-refractivity contribution in [3.05, 3.63) is 34.3 Å². The molecule has 1 fully saturated rings. The summed E-state index contributed by atoms with van der Waals surface area (Å²) in [5.41, 5.74) is 1.32. The lowest BCUT2D eigenvalue weighted by Gasteiger charge is -2.27. The number of hydrogen-bond donors (Lipinski definition) is 1. The number of halogens is 2. The highest BCUT2D eigenvalue weighted by atomic mass is 79.9. The van der Waals surface area contributed by atoms with Crippen molar-refractivity contribution in [2.75, 3.05) is 0 Å². The quantitative estimate of drug-likeness (QED) is 0.805. The van der Waals surface area contributed by atoms with Crippen LogP contribution < -0.4 is 4.84 Å². The molecule has 1 aromatic rings. The summed E-state index contributed by atoms with van der Waals surface area (Å²) in [5.74, 6) is 0. The van der Waals surface area contributed by atoms with E-state index in [0.29, 0.717) is 0 Å². The number of rotatable bonds is 2. The summed E-state index contributed by atoms with van der Waals surface area (Å²) in [6, 6.07) is 8.43. The molecule has 1 N–H and O–H groups in total. The average Bonchev–Trinajstić information content (AvgIpc) is 2.68. The van der Waals surface area contributed by atoms with E-state index < -0.39 is 0 Å². The molecule has 1 saturated carbocycles. The van der Waals surface area contributed by atoms with Gasteiger partial charge in [0.15, 0.2) is 0 Å². The van der Waals surface area contributed by atoms with Gasteiger partial charge in [0.1, 0.15) is 0 Å². The SMILES string of the molecule is ClNC1(c2ccc(Br)cc2)CCCC1. The molecule has 0 saturated heterocycles. The van der Waals surface area contributed by atoms with Crippen LogP contribution in [0.2, 0.25) is 0 Å². The van der Waals surface area contributed by atoms with Crippen molar-refractivity contribution in [1.82, 2.24) is 4.84 Å². The zero-order chi connectivity index (χ0) is 10.0. The van der Waals surface area contributed by atoms with Crippen molar-refractivity contribution < 1.29 is 0 Å². The molecular weight excluding hydrogens is 261 g/mol. The second-order valence-corrected chi connectivity index (χ2v) is 5.00. The molecule has 0 atom stereocenters. The van der Waals surface area contributed by atoms with E-state index in [4.69, 9.17) is 11.8 Å². The lowest BCUT2D eigenvalue weighted by atomic mass is 9.89. The summed E-state index contributed by atoms with van der Waals surface area (Å²) in [6.45, 7) is 0. The van der Waals surface area contributed by atoms with E-state index in [1.807, 2.05) is 0 Å². The predicted octanol–water partition coefficient (Wildman–Crippen LogP) is 3.96. The smallest absolute Gasteiger partial charge is 0.0580 e. The fraction of sp³-hybridized carbons (Fsp3) is 0.455. The van der Waals surface area contributed by atoms with Crippen LogP contribution in [-0.4, -0.2) is 0 Å². The first-order chi connectivity index (χ1) is 6.77. The minimum absolute atomic E-state index is 0.0161. The molecule has 1 nitrogen and oxygen atoms in total. The van der Waals surface area contributed by atoms with Crippen LogP contribution in [-0.2, 0) is 5.54 Å². The van der Waals surface area contributed by atoms with Gasteiger partial charge >= 0.3 is 0 Å². The van der Waals surface area contributed by atoms with Crippen molar-refractivity contribution in [1.29, 1.82) is 0 Å². The first-order valence-corrected chi connectivity index (χ1v) is 6.08. The van der Waals surface area contributed by atoms with Gasteiger partial charge in [-0.2, -0.15) is 0 Å². The lowest BCUT2D eigenvalue weighted by molar-refractivity contribution is 0.419. The summed E-state index contributed by atoms with van der Waals surface area (Å²) in [5, 5.41) is 0. The Bertz CT molecular complexity index is 304. The standard InChI is InChI=1S/C11H13BrClN/c12-10-5-3-9(4-6-10)11(14-13)7-1-2-8-11/h3-6,14H,1-2,7-8H2. The number of nitrogens with one attached hydrogen (secondary N) is 1. The van der Waals surface area contributed by atoms with Crippen LogP contribution in [0.3, 0.4) is 0 Å². The molecule has 0 amide bonds. The second-order valence-electron chi connectivity index (χ2n) is 3.89. The van der Waals surface area contributed by atoms with Gasteiger partial charge in [-0.25, -0.2) is 4.84 Å². The van der Waals surface area contributed by atoms with Gasteiger partial charge in [-0.15, -0.1) is 0 Å². The predicted molar refractivity (Wildman–Crippen MR) is 63.3 cm³/mol. The van der Waals surface area contributed by atoms with Crippen LogP contribution in [0.5, 0.6) is 0 Å². The Labute approximate surface area is 98.1 Å². The van der Waals surface area contributed by atoms with E-state index in [0.717, 1.165) is 17.3 Å². The van der Waals surface area contributed by atoms with Crippen LogP contribution in [0.15, 0.2) is 28.7 Å². The fourth-order valence-corrected chi connectivity index (χ4v) is 2.75. The first-order valence-electron chi connectivity index (χ1n) is 4.91. The minimum atomic E-state index is 0.0161. The van der Waals surface area contributed by atoms with Gasteiger partial charge in [0.05, 0.1) is 5.54 Å². The number of hydrogen-bond acceptors (Lipinski definition) is 1. The van der Waals surface area contributed by atoms with Gasteiger partial charge < -0.3 is 0 Å². The van der Waals surface area contributed by atoms with Gasteiger partial charge in [-0.05, 0) is 42.3 Å². The highest BCUT2D eigenvalue weighted by molar-refractivity contribution is 9.10. The molecule has 0 aliphatic heterocycles. The third-order valence-electron chi connectivity index (χ3n) is 3.03.